The smallest absolute Gasteiger partial charge is 0.0289 e. The monoisotopic (exact) mass is 206 g/mol. The summed E-state index contributed by atoms with van der Waals surface area (Å²) in [6, 6.07) is 0. The first-order chi connectivity index (χ1) is 7.09. The van der Waals surface area contributed by atoms with E-state index in [1.807, 2.05) is 0 Å². The molecule has 3 unspecified atom stereocenters. The first kappa shape index (κ1) is 11.2. The molecule has 1 saturated carbocycles. The van der Waals surface area contributed by atoms with E-state index in [4.69, 9.17) is 0 Å². The molecule has 2 aliphatic carbocycles. The van der Waals surface area contributed by atoms with Gasteiger partial charge in [-0.05, 0) is 55.8 Å². The lowest BCUT2D eigenvalue weighted by molar-refractivity contribution is 0.0647. The van der Waals surface area contributed by atoms with Gasteiger partial charge in [0.15, 0.2) is 0 Å². The first-order valence-electron chi connectivity index (χ1n) is 6.75. The van der Waals surface area contributed by atoms with Gasteiger partial charge in [0.2, 0.25) is 0 Å². The average Bonchev–Trinajstić information content (AvgIpc) is 2.17. The summed E-state index contributed by atoms with van der Waals surface area (Å²) in [4.78, 5) is 0. The lowest BCUT2D eigenvalue weighted by Crippen LogP contribution is -2.37. The number of allylic oxidation sites excluding steroid dienone is 2. The summed E-state index contributed by atoms with van der Waals surface area (Å²) >= 11 is 0. The lowest BCUT2D eigenvalue weighted by atomic mass is 9.59. The van der Waals surface area contributed by atoms with Crippen molar-refractivity contribution < 1.29 is 0 Å². The van der Waals surface area contributed by atoms with Gasteiger partial charge in [-0.3, -0.25) is 0 Å². The van der Waals surface area contributed by atoms with Crippen LogP contribution in [0.15, 0.2) is 11.6 Å². The standard InChI is InChI=1S/C15H26/c1-10(2)13-8-6-12(4)14-7-5-11(3)9-15(13)14/h5,10,12-15H,6-9H2,1-4H3/t12?,13-,14?,15?/m1/s1. The zero-order chi connectivity index (χ0) is 11.0. The van der Waals surface area contributed by atoms with Crippen LogP contribution in [0.1, 0.15) is 53.4 Å². The van der Waals surface area contributed by atoms with Crippen LogP contribution >= 0.6 is 0 Å². The Morgan fingerprint density at radius 3 is 2.60 bits per heavy atom. The quantitative estimate of drug-likeness (QED) is 0.547. The molecule has 0 nitrogen and oxygen atoms in total. The predicted octanol–water partition coefficient (Wildman–Crippen LogP) is 4.66. The van der Waals surface area contributed by atoms with E-state index in [1.54, 1.807) is 5.57 Å². The molecule has 0 N–H and O–H groups in total. The Hall–Kier alpha value is -0.260. The van der Waals surface area contributed by atoms with E-state index < -0.39 is 0 Å². The van der Waals surface area contributed by atoms with Crippen molar-refractivity contribution in [3.05, 3.63) is 11.6 Å². The molecule has 0 aromatic heterocycles. The minimum atomic E-state index is 0.885. The highest BCUT2D eigenvalue weighted by atomic mass is 14.4. The molecule has 15 heavy (non-hydrogen) atoms. The number of rotatable bonds is 1. The third kappa shape index (κ3) is 2.14. The Kier molecular flexibility index (Phi) is 3.23. The normalized spacial score (nSPS) is 41.3. The fourth-order valence-corrected chi connectivity index (χ4v) is 3.95. The second kappa shape index (κ2) is 4.31. The second-order valence-electron chi connectivity index (χ2n) is 6.28. The Balaban J connectivity index is 2.17. The van der Waals surface area contributed by atoms with Crippen molar-refractivity contribution in [2.75, 3.05) is 0 Å². The molecule has 4 atom stereocenters. The minimum Gasteiger partial charge on any atom is -0.0853 e. The van der Waals surface area contributed by atoms with E-state index >= 15 is 0 Å². The molecule has 86 valence electrons. The van der Waals surface area contributed by atoms with Gasteiger partial charge < -0.3 is 0 Å². The Morgan fingerprint density at radius 2 is 1.93 bits per heavy atom. The van der Waals surface area contributed by atoms with Crippen molar-refractivity contribution in [2.24, 2.45) is 29.6 Å². The van der Waals surface area contributed by atoms with Gasteiger partial charge in [-0.25, -0.2) is 0 Å². The fourth-order valence-electron chi connectivity index (χ4n) is 3.95. The molecule has 0 heterocycles. The van der Waals surface area contributed by atoms with Crippen LogP contribution in [-0.2, 0) is 0 Å². The highest BCUT2D eigenvalue weighted by Gasteiger charge is 2.39. The Bertz CT molecular complexity index is 249. The van der Waals surface area contributed by atoms with Crippen molar-refractivity contribution in [2.45, 2.75) is 53.4 Å². The largest absolute Gasteiger partial charge is 0.0853 e. The van der Waals surface area contributed by atoms with Crippen LogP contribution in [0.4, 0.5) is 0 Å². The van der Waals surface area contributed by atoms with Crippen molar-refractivity contribution in [1.29, 1.82) is 0 Å². The topological polar surface area (TPSA) is 0 Å². The maximum absolute atomic E-state index is 2.50. The van der Waals surface area contributed by atoms with Gasteiger partial charge in [0.1, 0.15) is 0 Å². The zero-order valence-electron chi connectivity index (χ0n) is 10.8. The highest BCUT2D eigenvalue weighted by molar-refractivity contribution is 5.08. The predicted molar refractivity (Wildman–Crippen MR) is 66.7 cm³/mol. The van der Waals surface area contributed by atoms with E-state index in [-0.39, 0.29) is 0 Å². The van der Waals surface area contributed by atoms with Crippen molar-refractivity contribution in [3.8, 4) is 0 Å². The molecule has 0 heteroatoms. The van der Waals surface area contributed by atoms with Crippen LogP contribution in [0.25, 0.3) is 0 Å². The van der Waals surface area contributed by atoms with E-state index in [0.29, 0.717) is 0 Å². The third-order valence-corrected chi connectivity index (χ3v) is 4.94. The number of hydrogen-bond donors (Lipinski definition) is 0. The van der Waals surface area contributed by atoms with Crippen LogP contribution in [0, 0.1) is 29.6 Å². The average molecular weight is 206 g/mol. The summed E-state index contributed by atoms with van der Waals surface area (Å²) in [5.41, 5.74) is 1.65. The summed E-state index contributed by atoms with van der Waals surface area (Å²) in [7, 11) is 0. The summed E-state index contributed by atoms with van der Waals surface area (Å²) in [6.45, 7) is 9.65. The van der Waals surface area contributed by atoms with E-state index in [0.717, 1.165) is 29.6 Å². The minimum absolute atomic E-state index is 0.885. The zero-order valence-corrected chi connectivity index (χ0v) is 10.8. The number of hydrogen-bond acceptors (Lipinski definition) is 0. The third-order valence-electron chi connectivity index (χ3n) is 4.94. The van der Waals surface area contributed by atoms with Crippen LogP contribution in [0.2, 0.25) is 0 Å². The molecule has 0 saturated heterocycles. The van der Waals surface area contributed by atoms with Gasteiger partial charge >= 0.3 is 0 Å². The fraction of sp³-hybridized carbons (Fsp3) is 0.867. The van der Waals surface area contributed by atoms with Crippen molar-refractivity contribution in [1.82, 2.24) is 0 Å². The van der Waals surface area contributed by atoms with Gasteiger partial charge in [-0.1, -0.05) is 38.8 Å². The van der Waals surface area contributed by atoms with Gasteiger partial charge in [0.05, 0.1) is 0 Å². The van der Waals surface area contributed by atoms with E-state index in [9.17, 15) is 0 Å². The van der Waals surface area contributed by atoms with Gasteiger partial charge in [-0.2, -0.15) is 0 Å². The molecule has 1 fully saturated rings. The molecular weight excluding hydrogens is 180 g/mol. The maximum Gasteiger partial charge on any atom is -0.0289 e. The molecule has 0 amide bonds. The Morgan fingerprint density at radius 1 is 1.20 bits per heavy atom. The maximum atomic E-state index is 2.50. The number of fused-ring (bicyclic) bond motifs is 1. The SMILES string of the molecule is CC1=CCC2C(C)CC[C@H](C(C)C)C2C1. The molecule has 0 spiro atoms. The van der Waals surface area contributed by atoms with Crippen molar-refractivity contribution in [3.63, 3.8) is 0 Å². The van der Waals surface area contributed by atoms with Crippen LogP contribution < -0.4 is 0 Å². The van der Waals surface area contributed by atoms with Crippen LogP contribution in [0.5, 0.6) is 0 Å². The molecule has 2 aliphatic rings. The molecule has 0 radical (unpaired) electrons. The van der Waals surface area contributed by atoms with Crippen molar-refractivity contribution >= 4 is 0 Å². The summed E-state index contributed by atoms with van der Waals surface area (Å²) in [6.07, 6.45) is 8.20. The molecule has 0 bridgehead atoms. The van der Waals surface area contributed by atoms with E-state index in [2.05, 4.69) is 33.8 Å². The van der Waals surface area contributed by atoms with Gasteiger partial charge in [0.25, 0.3) is 0 Å². The van der Waals surface area contributed by atoms with Gasteiger partial charge in [-0.15, -0.1) is 0 Å². The Labute approximate surface area is 95.1 Å². The van der Waals surface area contributed by atoms with E-state index in [1.165, 1.54) is 25.7 Å². The summed E-state index contributed by atoms with van der Waals surface area (Å²) < 4.78 is 0. The van der Waals surface area contributed by atoms with Gasteiger partial charge in [0, 0.05) is 0 Å². The molecule has 2 rings (SSSR count). The molecule has 0 aromatic rings. The highest BCUT2D eigenvalue weighted by Crippen LogP contribution is 2.48. The summed E-state index contributed by atoms with van der Waals surface area (Å²) in [5.74, 6) is 4.84. The lowest BCUT2D eigenvalue weighted by Gasteiger charge is -2.46. The second-order valence-corrected chi connectivity index (χ2v) is 6.28. The first-order valence-corrected chi connectivity index (χ1v) is 6.75. The summed E-state index contributed by atoms with van der Waals surface area (Å²) in [5, 5.41) is 0. The molecule has 0 aromatic carbocycles. The van der Waals surface area contributed by atoms with Crippen LogP contribution in [-0.4, -0.2) is 0 Å². The van der Waals surface area contributed by atoms with Crippen LogP contribution in [0.3, 0.4) is 0 Å². The molecular formula is C15H26. The molecule has 0 aliphatic heterocycles.